The molecule has 1 aliphatic rings. The molecular formula is C22H23N5O2. The number of fused-ring (bicyclic) bond motifs is 1. The fraction of sp³-hybridized carbons (Fsp3) is 0.227. The minimum absolute atomic E-state index is 0.111. The number of benzene rings is 1. The summed E-state index contributed by atoms with van der Waals surface area (Å²) < 4.78 is 0. The fourth-order valence-electron chi connectivity index (χ4n) is 3.59. The summed E-state index contributed by atoms with van der Waals surface area (Å²) >= 11 is 0. The van der Waals surface area contributed by atoms with Gasteiger partial charge in [0.2, 0.25) is 5.91 Å². The largest absolute Gasteiger partial charge is 0.384 e. The molecule has 0 saturated carbocycles. The molecule has 2 atom stereocenters. The Morgan fingerprint density at radius 1 is 1.17 bits per heavy atom. The van der Waals surface area contributed by atoms with Crippen LogP contribution in [0.15, 0.2) is 54.7 Å². The van der Waals surface area contributed by atoms with Gasteiger partial charge in [-0.1, -0.05) is 36.4 Å². The van der Waals surface area contributed by atoms with E-state index in [-0.39, 0.29) is 17.9 Å². The molecule has 0 spiro atoms. The molecule has 5 N–H and O–H groups in total. The van der Waals surface area contributed by atoms with Gasteiger partial charge in [-0.15, -0.1) is 0 Å². The van der Waals surface area contributed by atoms with Crippen molar-refractivity contribution in [1.82, 2.24) is 20.6 Å². The maximum absolute atomic E-state index is 12.6. The Balaban J connectivity index is 1.37. The number of nitrogens with two attached hydrogens (primary N) is 1. The van der Waals surface area contributed by atoms with E-state index in [2.05, 4.69) is 20.6 Å². The van der Waals surface area contributed by atoms with Gasteiger partial charge in [0.05, 0.1) is 6.04 Å². The molecule has 0 fully saturated rings. The number of anilines is 1. The van der Waals surface area contributed by atoms with Crippen molar-refractivity contribution in [3.63, 3.8) is 0 Å². The number of hydrogen-bond donors (Lipinski definition) is 4. The van der Waals surface area contributed by atoms with E-state index in [1.165, 1.54) is 0 Å². The number of aromatic amines is 1. The molecule has 7 heteroatoms. The van der Waals surface area contributed by atoms with E-state index in [1.807, 2.05) is 36.4 Å². The van der Waals surface area contributed by atoms with Gasteiger partial charge in [0.15, 0.2) is 0 Å². The number of nitrogens with zero attached hydrogens (tertiary/aromatic N) is 1. The molecule has 148 valence electrons. The highest BCUT2D eigenvalue weighted by atomic mass is 16.2. The standard InChI is InChI=1S/C22H23N5O2/c1-13(21(28)27-18-9-8-17-16(18)7-10-20(23)26-17)25-22(29)19-11-15(12-24-19)14-5-3-2-4-6-14/h2-7,10-13,18,24H,8-9H2,1H3,(H2,23,26)(H,25,29)(H,27,28)/t13?,18-/m1/s1. The molecule has 1 aliphatic carbocycles. The SMILES string of the molecule is CC(NC(=O)c1cc(-c2ccccc2)c[nH]1)C(=O)N[C@@H]1CCc2nc(N)ccc21. The molecular weight excluding hydrogens is 366 g/mol. The minimum Gasteiger partial charge on any atom is -0.384 e. The van der Waals surface area contributed by atoms with E-state index < -0.39 is 6.04 Å². The molecule has 29 heavy (non-hydrogen) atoms. The second-order valence-corrected chi connectivity index (χ2v) is 7.24. The number of aromatic nitrogens is 2. The summed E-state index contributed by atoms with van der Waals surface area (Å²) in [4.78, 5) is 32.4. The fourth-order valence-corrected chi connectivity index (χ4v) is 3.59. The molecule has 3 aromatic rings. The lowest BCUT2D eigenvalue weighted by atomic mass is 10.1. The average Bonchev–Trinajstić information content (AvgIpc) is 3.36. The van der Waals surface area contributed by atoms with Crippen LogP contribution in [0.4, 0.5) is 5.82 Å². The minimum atomic E-state index is -0.670. The van der Waals surface area contributed by atoms with Crippen LogP contribution in [0.2, 0.25) is 0 Å². The normalized spacial score (nSPS) is 16.1. The molecule has 0 bridgehead atoms. The Morgan fingerprint density at radius 2 is 1.97 bits per heavy atom. The number of nitrogens with one attached hydrogen (secondary N) is 3. The molecule has 1 unspecified atom stereocenters. The Labute approximate surface area is 168 Å². The number of aryl methyl sites for hydroxylation is 1. The van der Waals surface area contributed by atoms with Gasteiger partial charge in [-0.05, 0) is 48.6 Å². The van der Waals surface area contributed by atoms with Crippen molar-refractivity contribution >= 4 is 17.6 Å². The van der Waals surface area contributed by atoms with Crippen molar-refractivity contribution in [2.75, 3.05) is 5.73 Å². The highest BCUT2D eigenvalue weighted by Crippen LogP contribution is 2.30. The monoisotopic (exact) mass is 389 g/mol. The number of nitrogen functional groups attached to an aromatic ring is 1. The third kappa shape index (κ3) is 3.99. The topological polar surface area (TPSA) is 113 Å². The zero-order valence-corrected chi connectivity index (χ0v) is 16.1. The second kappa shape index (κ2) is 7.79. The van der Waals surface area contributed by atoms with Gasteiger partial charge in [0.1, 0.15) is 17.6 Å². The predicted molar refractivity (Wildman–Crippen MR) is 111 cm³/mol. The van der Waals surface area contributed by atoms with E-state index in [0.717, 1.165) is 35.2 Å². The van der Waals surface area contributed by atoms with Crippen molar-refractivity contribution in [1.29, 1.82) is 0 Å². The summed E-state index contributed by atoms with van der Waals surface area (Å²) in [5.74, 6) is -0.0730. The van der Waals surface area contributed by atoms with Gasteiger partial charge in [-0.2, -0.15) is 0 Å². The number of carbonyl (C=O) groups excluding carboxylic acids is 2. The van der Waals surface area contributed by atoms with Crippen LogP contribution >= 0.6 is 0 Å². The van der Waals surface area contributed by atoms with Crippen LogP contribution in [0.1, 0.15) is 41.1 Å². The highest BCUT2D eigenvalue weighted by molar-refractivity contribution is 5.97. The first kappa shape index (κ1) is 18.7. The molecule has 2 aromatic heterocycles. The summed E-state index contributed by atoms with van der Waals surface area (Å²) in [5, 5.41) is 5.75. The lowest BCUT2D eigenvalue weighted by Gasteiger charge is -2.18. The quantitative estimate of drug-likeness (QED) is 0.537. The Kier molecular flexibility index (Phi) is 5.03. The molecule has 2 heterocycles. The Hall–Kier alpha value is -3.61. The van der Waals surface area contributed by atoms with E-state index >= 15 is 0 Å². The van der Waals surface area contributed by atoms with Gasteiger partial charge in [-0.3, -0.25) is 9.59 Å². The first-order valence-electron chi connectivity index (χ1n) is 9.61. The Morgan fingerprint density at radius 3 is 2.76 bits per heavy atom. The number of amides is 2. The van der Waals surface area contributed by atoms with Gasteiger partial charge in [0, 0.05) is 11.9 Å². The third-order valence-electron chi connectivity index (χ3n) is 5.17. The third-order valence-corrected chi connectivity index (χ3v) is 5.17. The van der Waals surface area contributed by atoms with Gasteiger partial charge in [0.25, 0.3) is 5.91 Å². The van der Waals surface area contributed by atoms with Gasteiger partial charge < -0.3 is 21.4 Å². The summed E-state index contributed by atoms with van der Waals surface area (Å²) in [5.41, 5.74) is 9.98. The van der Waals surface area contributed by atoms with Crippen LogP contribution < -0.4 is 16.4 Å². The molecule has 1 aromatic carbocycles. The second-order valence-electron chi connectivity index (χ2n) is 7.24. The van der Waals surface area contributed by atoms with Crippen LogP contribution in [0.3, 0.4) is 0 Å². The zero-order valence-electron chi connectivity index (χ0n) is 16.1. The molecule has 2 amide bonds. The maximum Gasteiger partial charge on any atom is 0.268 e. The number of carbonyl (C=O) groups is 2. The summed E-state index contributed by atoms with van der Waals surface area (Å²) in [7, 11) is 0. The summed E-state index contributed by atoms with van der Waals surface area (Å²) in [6.45, 7) is 1.67. The maximum atomic E-state index is 12.6. The van der Waals surface area contributed by atoms with Crippen molar-refractivity contribution in [3.05, 3.63) is 71.7 Å². The lowest BCUT2D eigenvalue weighted by Crippen LogP contribution is -2.45. The van der Waals surface area contributed by atoms with Crippen molar-refractivity contribution in [2.24, 2.45) is 0 Å². The van der Waals surface area contributed by atoms with E-state index in [4.69, 9.17) is 5.73 Å². The molecule has 0 aliphatic heterocycles. The van der Waals surface area contributed by atoms with Crippen molar-refractivity contribution < 1.29 is 9.59 Å². The number of pyridine rings is 1. The molecule has 4 rings (SSSR count). The van der Waals surface area contributed by atoms with E-state index in [0.29, 0.717) is 11.5 Å². The smallest absolute Gasteiger partial charge is 0.268 e. The first-order chi connectivity index (χ1) is 14.0. The summed E-state index contributed by atoms with van der Waals surface area (Å²) in [6.07, 6.45) is 3.33. The zero-order chi connectivity index (χ0) is 20.4. The molecule has 0 radical (unpaired) electrons. The van der Waals surface area contributed by atoms with E-state index in [1.54, 1.807) is 25.3 Å². The first-order valence-corrected chi connectivity index (χ1v) is 9.61. The van der Waals surface area contributed by atoms with Crippen LogP contribution in [0.5, 0.6) is 0 Å². The van der Waals surface area contributed by atoms with Crippen LogP contribution in [0, 0.1) is 0 Å². The number of hydrogen-bond acceptors (Lipinski definition) is 4. The van der Waals surface area contributed by atoms with Gasteiger partial charge >= 0.3 is 0 Å². The number of H-pyrrole nitrogens is 1. The van der Waals surface area contributed by atoms with Crippen LogP contribution in [-0.4, -0.2) is 27.8 Å². The summed E-state index contributed by atoms with van der Waals surface area (Å²) in [6, 6.07) is 14.4. The lowest BCUT2D eigenvalue weighted by molar-refractivity contribution is -0.123. The number of rotatable bonds is 5. The Bertz CT molecular complexity index is 1040. The highest BCUT2D eigenvalue weighted by Gasteiger charge is 2.27. The van der Waals surface area contributed by atoms with Crippen LogP contribution in [0.25, 0.3) is 11.1 Å². The van der Waals surface area contributed by atoms with Crippen LogP contribution in [-0.2, 0) is 11.2 Å². The van der Waals surface area contributed by atoms with Crippen molar-refractivity contribution in [2.45, 2.75) is 31.8 Å². The predicted octanol–water partition coefficient (Wildman–Crippen LogP) is 2.58. The van der Waals surface area contributed by atoms with Crippen molar-refractivity contribution in [3.8, 4) is 11.1 Å². The molecule has 0 saturated heterocycles. The average molecular weight is 389 g/mol. The van der Waals surface area contributed by atoms with E-state index in [9.17, 15) is 9.59 Å². The van der Waals surface area contributed by atoms with Gasteiger partial charge in [-0.25, -0.2) is 4.98 Å². The molecule has 7 nitrogen and oxygen atoms in total.